The Morgan fingerprint density at radius 2 is 1.67 bits per heavy atom. The van der Waals surface area contributed by atoms with Crippen LogP contribution in [0.15, 0.2) is 0 Å². The van der Waals surface area contributed by atoms with Gasteiger partial charge >= 0.3 is 0 Å². The van der Waals surface area contributed by atoms with Crippen LogP contribution in [0.1, 0.15) is 13.8 Å². The summed E-state index contributed by atoms with van der Waals surface area (Å²) in [5.41, 5.74) is 2.26. The maximum Gasteiger partial charge on any atom is 0.129 e. The predicted octanol–water partition coefficient (Wildman–Crippen LogP) is 1.66. The Morgan fingerprint density at radius 3 is 2.13 bits per heavy atom. The highest BCUT2D eigenvalue weighted by Crippen LogP contribution is 1.96. The molecule has 0 aromatic rings. The maximum absolute atomic E-state index is 9.28. The van der Waals surface area contributed by atoms with Gasteiger partial charge in [0, 0.05) is 0 Å². The van der Waals surface area contributed by atoms with Gasteiger partial charge in [0.15, 0.2) is 0 Å². The maximum atomic E-state index is 9.28. The molecular formula is C12H20O2Si. The molecule has 0 saturated carbocycles. The Kier molecular flexibility index (Phi) is 5.68. The standard InChI is InChI=1S/C12H20O2Si/c1-12(2,13)8-6-9-14-10-7-11-15(3,4)5/h13H,9-10H2,1-5H3. The Labute approximate surface area is 94.0 Å². The summed E-state index contributed by atoms with van der Waals surface area (Å²) in [6, 6.07) is 0. The molecule has 3 heteroatoms. The van der Waals surface area contributed by atoms with Crippen LogP contribution in [0.2, 0.25) is 19.6 Å². The van der Waals surface area contributed by atoms with Gasteiger partial charge in [0.25, 0.3) is 0 Å². The van der Waals surface area contributed by atoms with Crippen LogP contribution in [0.25, 0.3) is 0 Å². The van der Waals surface area contributed by atoms with Gasteiger partial charge in [-0.25, -0.2) is 0 Å². The number of hydrogen-bond acceptors (Lipinski definition) is 2. The Morgan fingerprint density at radius 1 is 1.13 bits per heavy atom. The SMILES string of the molecule is CC(C)(O)C#CCOCC#C[Si](C)(C)C. The van der Waals surface area contributed by atoms with Gasteiger partial charge < -0.3 is 9.84 Å². The molecule has 0 radical (unpaired) electrons. The minimum Gasteiger partial charge on any atom is -0.378 e. The highest BCUT2D eigenvalue weighted by Gasteiger charge is 2.07. The van der Waals surface area contributed by atoms with Crippen molar-refractivity contribution in [3.63, 3.8) is 0 Å². The van der Waals surface area contributed by atoms with Crippen LogP contribution in [-0.2, 0) is 4.74 Å². The second-order valence-electron chi connectivity index (χ2n) is 4.91. The molecule has 0 spiro atoms. The smallest absolute Gasteiger partial charge is 0.129 e. The summed E-state index contributed by atoms with van der Waals surface area (Å²) in [6.45, 7) is 10.6. The van der Waals surface area contributed by atoms with Gasteiger partial charge in [0.1, 0.15) is 26.9 Å². The van der Waals surface area contributed by atoms with Gasteiger partial charge in [-0.2, -0.15) is 0 Å². The monoisotopic (exact) mass is 224 g/mol. The van der Waals surface area contributed by atoms with Gasteiger partial charge in [0.2, 0.25) is 0 Å². The summed E-state index contributed by atoms with van der Waals surface area (Å²) in [4.78, 5) is 0. The van der Waals surface area contributed by atoms with E-state index < -0.39 is 13.7 Å². The first-order valence-corrected chi connectivity index (χ1v) is 8.51. The molecule has 0 amide bonds. The highest BCUT2D eigenvalue weighted by atomic mass is 28.3. The van der Waals surface area contributed by atoms with E-state index >= 15 is 0 Å². The van der Waals surface area contributed by atoms with Crippen molar-refractivity contribution < 1.29 is 9.84 Å². The molecule has 0 rings (SSSR count). The molecule has 0 bridgehead atoms. The first-order chi connectivity index (χ1) is 6.71. The van der Waals surface area contributed by atoms with Gasteiger partial charge in [-0.05, 0) is 13.8 Å². The van der Waals surface area contributed by atoms with E-state index in [9.17, 15) is 5.11 Å². The molecule has 15 heavy (non-hydrogen) atoms. The van der Waals surface area contributed by atoms with Crippen molar-refractivity contribution in [2.45, 2.75) is 39.1 Å². The van der Waals surface area contributed by atoms with Crippen LogP contribution in [0.3, 0.4) is 0 Å². The van der Waals surface area contributed by atoms with Crippen molar-refractivity contribution in [3.8, 4) is 23.3 Å². The lowest BCUT2D eigenvalue weighted by atomic mass is 10.1. The zero-order chi connectivity index (χ0) is 11.9. The first kappa shape index (κ1) is 14.3. The molecule has 0 aliphatic carbocycles. The molecule has 0 atom stereocenters. The zero-order valence-electron chi connectivity index (χ0n) is 10.3. The number of rotatable bonds is 2. The largest absolute Gasteiger partial charge is 0.378 e. The molecule has 0 saturated heterocycles. The fourth-order valence-corrected chi connectivity index (χ4v) is 1.31. The average Bonchev–Trinajstić information content (AvgIpc) is 1.98. The molecule has 84 valence electrons. The van der Waals surface area contributed by atoms with Crippen molar-refractivity contribution in [2.24, 2.45) is 0 Å². The van der Waals surface area contributed by atoms with E-state index in [0.717, 1.165) is 0 Å². The minimum atomic E-state index is -1.27. The summed E-state index contributed by atoms with van der Waals surface area (Å²) in [7, 11) is -1.27. The van der Waals surface area contributed by atoms with E-state index in [1.165, 1.54) is 0 Å². The third-order valence-electron chi connectivity index (χ3n) is 1.21. The molecule has 1 N–H and O–H groups in total. The average molecular weight is 224 g/mol. The van der Waals surface area contributed by atoms with Gasteiger partial charge in [-0.1, -0.05) is 37.4 Å². The molecule has 0 aromatic heterocycles. The van der Waals surface area contributed by atoms with Crippen LogP contribution in [0.4, 0.5) is 0 Å². The van der Waals surface area contributed by atoms with E-state index in [2.05, 4.69) is 42.9 Å². The summed E-state index contributed by atoms with van der Waals surface area (Å²) >= 11 is 0. The molecule has 0 fully saturated rings. The van der Waals surface area contributed by atoms with E-state index in [1.54, 1.807) is 13.8 Å². The molecule has 0 unspecified atom stereocenters. The Hall–Kier alpha value is -0.743. The van der Waals surface area contributed by atoms with Crippen molar-refractivity contribution in [3.05, 3.63) is 0 Å². The van der Waals surface area contributed by atoms with Crippen LogP contribution >= 0.6 is 0 Å². The molecule has 0 aliphatic rings. The van der Waals surface area contributed by atoms with E-state index in [4.69, 9.17) is 4.74 Å². The summed E-state index contributed by atoms with van der Waals surface area (Å²) < 4.78 is 5.19. The first-order valence-electron chi connectivity index (χ1n) is 5.01. The fourth-order valence-electron chi connectivity index (χ4n) is 0.707. The van der Waals surface area contributed by atoms with Crippen molar-refractivity contribution in [2.75, 3.05) is 13.2 Å². The van der Waals surface area contributed by atoms with Gasteiger partial charge in [-0.15, -0.1) is 5.54 Å². The third-order valence-corrected chi connectivity index (χ3v) is 2.13. The van der Waals surface area contributed by atoms with Crippen molar-refractivity contribution >= 4 is 8.07 Å². The van der Waals surface area contributed by atoms with Gasteiger partial charge in [-0.3, -0.25) is 0 Å². The molecule has 0 aromatic carbocycles. The Balaban J connectivity index is 3.72. The number of ether oxygens (including phenoxy) is 1. The number of aliphatic hydroxyl groups is 1. The second-order valence-corrected chi connectivity index (χ2v) is 9.66. The highest BCUT2D eigenvalue weighted by molar-refractivity contribution is 6.83. The van der Waals surface area contributed by atoms with Crippen LogP contribution in [-0.4, -0.2) is 32.0 Å². The van der Waals surface area contributed by atoms with Crippen molar-refractivity contribution in [1.29, 1.82) is 0 Å². The predicted molar refractivity (Wildman–Crippen MR) is 66.0 cm³/mol. The Bertz CT molecular complexity index is 267. The lowest BCUT2D eigenvalue weighted by Gasteiger charge is -2.05. The van der Waals surface area contributed by atoms with Crippen LogP contribution in [0, 0.1) is 23.3 Å². The normalized spacial score (nSPS) is 11.1. The third kappa shape index (κ3) is 13.3. The summed E-state index contributed by atoms with van der Waals surface area (Å²) in [6.07, 6.45) is 0. The summed E-state index contributed by atoms with van der Waals surface area (Å²) in [5.74, 6) is 8.40. The molecule has 0 aliphatic heterocycles. The molecule has 0 heterocycles. The van der Waals surface area contributed by atoms with Crippen LogP contribution in [0.5, 0.6) is 0 Å². The lowest BCUT2D eigenvalue weighted by Crippen LogP contribution is -2.16. The van der Waals surface area contributed by atoms with E-state index in [-0.39, 0.29) is 0 Å². The number of hydrogen-bond donors (Lipinski definition) is 1. The van der Waals surface area contributed by atoms with Gasteiger partial charge in [0.05, 0.1) is 0 Å². The van der Waals surface area contributed by atoms with Crippen molar-refractivity contribution in [1.82, 2.24) is 0 Å². The summed E-state index contributed by atoms with van der Waals surface area (Å²) in [5, 5.41) is 9.28. The van der Waals surface area contributed by atoms with E-state index in [1.807, 2.05) is 0 Å². The molecular weight excluding hydrogens is 204 g/mol. The fraction of sp³-hybridized carbons (Fsp3) is 0.667. The molecule has 2 nitrogen and oxygen atoms in total. The quantitative estimate of drug-likeness (QED) is 0.439. The zero-order valence-corrected chi connectivity index (χ0v) is 11.3. The second kappa shape index (κ2) is 5.98. The minimum absolute atomic E-state index is 0.324. The topological polar surface area (TPSA) is 29.5 Å². The van der Waals surface area contributed by atoms with Crippen LogP contribution < -0.4 is 0 Å². The van der Waals surface area contributed by atoms with E-state index in [0.29, 0.717) is 13.2 Å². The lowest BCUT2D eigenvalue weighted by molar-refractivity contribution is 0.142.